The van der Waals surface area contributed by atoms with E-state index in [0.29, 0.717) is 27.2 Å². The molecule has 0 unspecified atom stereocenters. The summed E-state index contributed by atoms with van der Waals surface area (Å²) in [5.41, 5.74) is 3.44. The number of halogens is 1. The van der Waals surface area contributed by atoms with Crippen molar-refractivity contribution in [3.63, 3.8) is 0 Å². The summed E-state index contributed by atoms with van der Waals surface area (Å²) in [6.07, 6.45) is 0. The lowest BCUT2D eigenvalue weighted by Gasteiger charge is -2.09. The normalized spacial score (nSPS) is 11.0. The Labute approximate surface area is 148 Å². The number of phenolic OH excluding ortho intramolecular Hbond substituents is 1. The molecule has 24 heavy (non-hydrogen) atoms. The van der Waals surface area contributed by atoms with Crippen molar-refractivity contribution in [1.29, 1.82) is 0 Å². The van der Waals surface area contributed by atoms with E-state index in [1.54, 1.807) is 56.5 Å². The zero-order valence-corrected chi connectivity index (χ0v) is 14.8. The number of hydrogen-bond acceptors (Lipinski definition) is 5. The smallest absolute Gasteiger partial charge is 0.277 e. The summed E-state index contributed by atoms with van der Waals surface area (Å²) < 4.78 is 11.2. The number of phenols is 1. The third-order valence-electron chi connectivity index (χ3n) is 3.14. The lowest BCUT2D eigenvalue weighted by atomic mass is 10.1. The van der Waals surface area contributed by atoms with Crippen LogP contribution in [0.5, 0.6) is 17.2 Å². The topological polar surface area (TPSA) is 80.2 Å². The van der Waals surface area contributed by atoms with Gasteiger partial charge in [0.05, 0.1) is 17.3 Å². The zero-order chi connectivity index (χ0) is 17.5. The highest BCUT2D eigenvalue weighted by atomic mass is 79.9. The number of para-hydroxylation sites is 1. The van der Waals surface area contributed by atoms with Gasteiger partial charge < -0.3 is 14.6 Å². The minimum Gasteiger partial charge on any atom is -0.507 e. The summed E-state index contributed by atoms with van der Waals surface area (Å²) >= 11 is 3.35. The van der Waals surface area contributed by atoms with Gasteiger partial charge in [0.25, 0.3) is 5.91 Å². The highest BCUT2D eigenvalue weighted by molar-refractivity contribution is 9.10. The fourth-order valence-corrected chi connectivity index (χ4v) is 2.36. The Kier molecular flexibility index (Phi) is 6.20. The Morgan fingerprint density at radius 2 is 2.04 bits per heavy atom. The molecule has 0 saturated carbocycles. The van der Waals surface area contributed by atoms with Gasteiger partial charge in [0.15, 0.2) is 6.61 Å². The number of carbonyl (C=O) groups excluding carboxylic acids is 1. The second-order valence-electron chi connectivity index (χ2n) is 4.83. The molecule has 0 bridgehead atoms. The van der Waals surface area contributed by atoms with E-state index in [1.165, 1.54) is 0 Å². The van der Waals surface area contributed by atoms with Crippen LogP contribution in [0, 0.1) is 0 Å². The number of hydrazone groups is 1. The van der Waals surface area contributed by atoms with Gasteiger partial charge in [0, 0.05) is 5.56 Å². The maximum Gasteiger partial charge on any atom is 0.277 e. The maximum absolute atomic E-state index is 11.8. The van der Waals surface area contributed by atoms with Crippen LogP contribution in [-0.4, -0.2) is 30.4 Å². The molecule has 0 aliphatic rings. The van der Waals surface area contributed by atoms with Crippen LogP contribution in [0.2, 0.25) is 0 Å². The number of rotatable bonds is 6. The van der Waals surface area contributed by atoms with Crippen molar-refractivity contribution in [3.8, 4) is 17.2 Å². The summed E-state index contributed by atoms with van der Waals surface area (Å²) in [7, 11) is 1.57. The van der Waals surface area contributed by atoms with Gasteiger partial charge in [-0.05, 0) is 53.2 Å². The van der Waals surface area contributed by atoms with Crippen LogP contribution in [-0.2, 0) is 4.79 Å². The quantitative estimate of drug-likeness (QED) is 0.584. The maximum atomic E-state index is 11.8. The van der Waals surface area contributed by atoms with Gasteiger partial charge in [-0.3, -0.25) is 4.79 Å². The molecule has 2 aromatic rings. The van der Waals surface area contributed by atoms with Crippen molar-refractivity contribution in [3.05, 3.63) is 52.5 Å². The van der Waals surface area contributed by atoms with E-state index in [-0.39, 0.29) is 12.4 Å². The first-order valence-corrected chi connectivity index (χ1v) is 7.88. The van der Waals surface area contributed by atoms with E-state index in [2.05, 4.69) is 26.5 Å². The first kappa shape index (κ1) is 17.8. The highest BCUT2D eigenvalue weighted by Gasteiger charge is 2.08. The fraction of sp³-hybridized carbons (Fsp3) is 0.176. The molecule has 0 aliphatic carbocycles. The lowest BCUT2D eigenvalue weighted by molar-refractivity contribution is -0.123. The van der Waals surface area contributed by atoms with E-state index < -0.39 is 5.91 Å². The summed E-state index contributed by atoms with van der Waals surface area (Å²) in [6.45, 7) is 1.50. The number of ether oxygens (including phenoxy) is 2. The van der Waals surface area contributed by atoms with Crippen LogP contribution < -0.4 is 14.9 Å². The van der Waals surface area contributed by atoms with Crippen LogP contribution in [0.25, 0.3) is 0 Å². The second-order valence-corrected chi connectivity index (χ2v) is 5.69. The Hall–Kier alpha value is -2.54. The Morgan fingerprint density at radius 1 is 1.29 bits per heavy atom. The van der Waals surface area contributed by atoms with Crippen LogP contribution in [0.15, 0.2) is 52.0 Å². The number of hydrogen-bond donors (Lipinski definition) is 2. The monoisotopic (exact) mass is 392 g/mol. The summed E-state index contributed by atoms with van der Waals surface area (Å²) in [4.78, 5) is 11.8. The fourth-order valence-electron chi connectivity index (χ4n) is 1.89. The largest absolute Gasteiger partial charge is 0.507 e. The predicted molar refractivity (Wildman–Crippen MR) is 94.6 cm³/mol. The average Bonchev–Trinajstić information content (AvgIpc) is 2.58. The Bertz CT molecular complexity index is 762. The van der Waals surface area contributed by atoms with Crippen LogP contribution in [0.3, 0.4) is 0 Å². The zero-order valence-electron chi connectivity index (χ0n) is 13.2. The van der Waals surface area contributed by atoms with Crippen LogP contribution >= 0.6 is 15.9 Å². The molecule has 7 heteroatoms. The van der Waals surface area contributed by atoms with Crippen molar-refractivity contribution in [1.82, 2.24) is 5.43 Å². The van der Waals surface area contributed by atoms with Gasteiger partial charge in [0.1, 0.15) is 17.2 Å². The predicted octanol–water partition coefficient (Wildman–Crippen LogP) is 3.08. The SMILES string of the molecule is COc1ccc(OCC(=O)N/N=C(\C)c2ccccc2O)c(Br)c1. The molecule has 0 fully saturated rings. The number of carbonyl (C=O) groups is 1. The molecule has 6 nitrogen and oxygen atoms in total. The third-order valence-corrected chi connectivity index (χ3v) is 3.76. The van der Waals surface area contributed by atoms with E-state index in [4.69, 9.17) is 9.47 Å². The van der Waals surface area contributed by atoms with E-state index >= 15 is 0 Å². The van der Waals surface area contributed by atoms with Gasteiger partial charge in [-0.25, -0.2) is 5.43 Å². The van der Waals surface area contributed by atoms with Gasteiger partial charge in [-0.1, -0.05) is 12.1 Å². The standard InChI is InChI=1S/C17H17BrN2O4/c1-11(13-5-3-4-6-15(13)21)19-20-17(22)10-24-16-8-7-12(23-2)9-14(16)18/h3-9,21H,10H2,1-2H3,(H,20,22)/b19-11+. The van der Waals surface area contributed by atoms with E-state index in [0.717, 1.165) is 0 Å². The molecule has 0 saturated heterocycles. The van der Waals surface area contributed by atoms with Gasteiger partial charge in [0.2, 0.25) is 0 Å². The molecule has 126 valence electrons. The highest BCUT2D eigenvalue weighted by Crippen LogP contribution is 2.28. The number of aromatic hydroxyl groups is 1. The Morgan fingerprint density at radius 3 is 2.71 bits per heavy atom. The van der Waals surface area contributed by atoms with Gasteiger partial charge >= 0.3 is 0 Å². The van der Waals surface area contributed by atoms with Crippen molar-refractivity contribution in [2.24, 2.45) is 5.10 Å². The second kappa shape index (κ2) is 8.35. The number of nitrogens with zero attached hydrogens (tertiary/aromatic N) is 1. The summed E-state index contributed by atoms with van der Waals surface area (Å²) in [6, 6.07) is 11.9. The van der Waals surface area contributed by atoms with E-state index in [1.807, 2.05) is 0 Å². The lowest BCUT2D eigenvalue weighted by Crippen LogP contribution is -2.25. The van der Waals surface area contributed by atoms with E-state index in [9.17, 15) is 9.90 Å². The van der Waals surface area contributed by atoms with Crippen LogP contribution in [0.1, 0.15) is 12.5 Å². The molecule has 0 radical (unpaired) electrons. The van der Waals surface area contributed by atoms with Crippen molar-refractivity contribution in [2.45, 2.75) is 6.92 Å². The minimum absolute atomic E-state index is 0.103. The number of nitrogens with one attached hydrogen (secondary N) is 1. The van der Waals surface area contributed by atoms with Crippen LogP contribution in [0.4, 0.5) is 0 Å². The molecular formula is C17H17BrN2O4. The summed E-state index contributed by atoms with van der Waals surface area (Å²) in [5, 5.41) is 13.7. The number of benzene rings is 2. The molecule has 0 atom stereocenters. The molecule has 2 rings (SSSR count). The van der Waals surface area contributed by atoms with Crippen molar-refractivity contribution >= 4 is 27.5 Å². The first-order valence-electron chi connectivity index (χ1n) is 7.09. The van der Waals surface area contributed by atoms with Crippen molar-refractivity contribution in [2.75, 3.05) is 13.7 Å². The molecule has 0 heterocycles. The van der Waals surface area contributed by atoms with Gasteiger partial charge in [-0.2, -0.15) is 5.10 Å². The molecular weight excluding hydrogens is 376 g/mol. The van der Waals surface area contributed by atoms with Crippen molar-refractivity contribution < 1.29 is 19.4 Å². The third kappa shape index (κ3) is 4.73. The molecule has 2 aromatic carbocycles. The molecule has 2 N–H and O–H groups in total. The average molecular weight is 393 g/mol. The Balaban J connectivity index is 1.92. The molecule has 1 amide bonds. The minimum atomic E-state index is -0.410. The van der Waals surface area contributed by atoms with Gasteiger partial charge in [-0.15, -0.1) is 0 Å². The number of methoxy groups -OCH3 is 1. The molecule has 0 aliphatic heterocycles. The number of amides is 1. The molecule has 0 spiro atoms. The summed E-state index contributed by atoms with van der Waals surface area (Å²) in [5.74, 6) is 0.896. The first-order chi connectivity index (χ1) is 11.5. The molecule has 0 aromatic heterocycles.